The normalized spacial score (nSPS) is 10.8. The van der Waals surface area contributed by atoms with Gasteiger partial charge in [0.2, 0.25) is 0 Å². The summed E-state index contributed by atoms with van der Waals surface area (Å²) in [6, 6.07) is 2.81. The molecule has 0 heterocycles. The quantitative estimate of drug-likeness (QED) is 0.643. The molecule has 7 heteroatoms. The van der Waals surface area contributed by atoms with Crippen molar-refractivity contribution in [2.24, 2.45) is 0 Å². The van der Waals surface area contributed by atoms with Crippen LogP contribution in [0.3, 0.4) is 0 Å². The molecule has 0 aromatic heterocycles. The zero-order valence-electron chi connectivity index (χ0n) is 12.9. The third kappa shape index (κ3) is 5.14. The lowest BCUT2D eigenvalue weighted by molar-refractivity contribution is 0.0527. The minimum atomic E-state index is -0.725. The molecule has 0 radical (unpaired) electrons. The number of carbonyl (C=O) groups is 3. The summed E-state index contributed by atoms with van der Waals surface area (Å²) < 4.78 is 10.5. The summed E-state index contributed by atoms with van der Waals surface area (Å²) >= 11 is 3.19. The van der Waals surface area contributed by atoms with E-state index in [1.807, 2.05) is 0 Å². The van der Waals surface area contributed by atoms with E-state index in [9.17, 15) is 14.4 Å². The third-order valence-electron chi connectivity index (χ3n) is 2.39. The number of amides is 1. The number of ether oxygens (including phenoxy) is 2. The third-order valence-corrected chi connectivity index (χ3v) is 3.08. The molecular formula is C15H18BrNO5. The van der Waals surface area contributed by atoms with E-state index in [1.165, 1.54) is 12.1 Å². The van der Waals surface area contributed by atoms with Gasteiger partial charge in [-0.15, -0.1) is 0 Å². The molecule has 1 rings (SSSR count). The second-order valence-corrected chi connectivity index (χ2v) is 6.24. The number of carbonyl (C=O) groups excluding carboxylic acids is 3. The first kappa shape index (κ1) is 18.2. The Bertz CT molecular complexity index is 592. The van der Waals surface area contributed by atoms with Crippen molar-refractivity contribution < 1.29 is 23.9 Å². The molecule has 0 aliphatic carbocycles. The van der Waals surface area contributed by atoms with Gasteiger partial charge in [-0.25, -0.2) is 9.59 Å². The minimum Gasteiger partial charge on any atom is -0.462 e. The highest BCUT2D eigenvalue weighted by molar-refractivity contribution is 9.10. The Hall–Kier alpha value is -1.89. The first-order valence-electron chi connectivity index (χ1n) is 6.63. The minimum absolute atomic E-state index is 0.130. The van der Waals surface area contributed by atoms with E-state index >= 15 is 0 Å². The lowest BCUT2D eigenvalue weighted by Gasteiger charge is -2.20. The van der Waals surface area contributed by atoms with Crippen molar-refractivity contribution in [1.29, 1.82) is 0 Å². The molecule has 0 bridgehead atoms. The molecule has 0 aliphatic heterocycles. The standard InChI is InChI=1S/C15H18BrNO5/c1-5-21-13(19)10-7-11(16)9(8-18)6-12(10)17-14(20)22-15(2,3)4/h6-8H,5H2,1-4H3,(H,17,20). The van der Waals surface area contributed by atoms with E-state index in [2.05, 4.69) is 21.2 Å². The van der Waals surface area contributed by atoms with Crippen LogP contribution in [0.25, 0.3) is 0 Å². The molecule has 0 spiro atoms. The molecule has 0 fully saturated rings. The van der Waals surface area contributed by atoms with Crippen LogP contribution in [0.2, 0.25) is 0 Å². The van der Waals surface area contributed by atoms with Crippen LogP contribution in [0.5, 0.6) is 0 Å². The fourth-order valence-corrected chi connectivity index (χ4v) is 2.01. The first-order valence-corrected chi connectivity index (χ1v) is 7.43. The second-order valence-electron chi connectivity index (χ2n) is 5.38. The van der Waals surface area contributed by atoms with Crippen molar-refractivity contribution >= 4 is 40.0 Å². The number of hydrogen-bond donors (Lipinski definition) is 1. The monoisotopic (exact) mass is 371 g/mol. The maximum atomic E-state index is 12.0. The van der Waals surface area contributed by atoms with Gasteiger partial charge in [-0.05, 0) is 39.8 Å². The summed E-state index contributed by atoms with van der Waals surface area (Å²) in [4.78, 5) is 34.8. The zero-order chi connectivity index (χ0) is 16.9. The number of aldehydes is 1. The number of anilines is 1. The van der Waals surface area contributed by atoms with Gasteiger partial charge in [0.05, 0.1) is 17.9 Å². The highest BCUT2D eigenvalue weighted by Crippen LogP contribution is 2.26. The lowest BCUT2D eigenvalue weighted by Crippen LogP contribution is -2.28. The Balaban J connectivity index is 3.16. The number of esters is 1. The Morgan fingerprint density at radius 1 is 1.32 bits per heavy atom. The van der Waals surface area contributed by atoms with Crippen molar-refractivity contribution in [3.05, 3.63) is 27.7 Å². The van der Waals surface area contributed by atoms with Crippen molar-refractivity contribution in [3.8, 4) is 0 Å². The highest BCUT2D eigenvalue weighted by Gasteiger charge is 2.21. The van der Waals surface area contributed by atoms with Crippen LogP contribution >= 0.6 is 15.9 Å². The summed E-state index contributed by atoms with van der Waals surface area (Å²) in [5, 5.41) is 2.47. The number of benzene rings is 1. The number of nitrogens with one attached hydrogen (secondary N) is 1. The fourth-order valence-electron chi connectivity index (χ4n) is 1.58. The van der Waals surface area contributed by atoms with Crippen molar-refractivity contribution in [1.82, 2.24) is 0 Å². The average molecular weight is 372 g/mol. The van der Waals surface area contributed by atoms with Gasteiger partial charge in [0.25, 0.3) is 0 Å². The largest absolute Gasteiger partial charge is 0.462 e. The molecule has 0 saturated heterocycles. The van der Waals surface area contributed by atoms with Gasteiger partial charge >= 0.3 is 12.1 Å². The van der Waals surface area contributed by atoms with Crippen molar-refractivity contribution in [2.45, 2.75) is 33.3 Å². The van der Waals surface area contributed by atoms with Crippen LogP contribution in [-0.2, 0) is 9.47 Å². The van der Waals surface area contributed by atoms with Crippen LogP contribution in [0.15, 0.2) is 16.6 Å². The summed E-state index contributed by atoms with van der Waals surface area (Å²) in [6.07, 6.45) is -0.114. The number of rotatable bonds is 4. The van der Waals surface area contributed by atoms with E-state index in [1.54, 1.807) is 27.7 Å². The van der Waals surface area contributed by atoms with Crippen molar-refractivity contribution in [3.63, 3.8) is 0 Å². The van der Waals surface area contributed by atoms with E-state index < -0.39 is 17.7 Å². The van der Waals surface area contributed by atoms with Crippen LogP contribution in [0.1, 0.15) is 48.4 Å². The van der Waals surface area contributed by atoms with E-state index in [0.29, 0.717) is 16.3 Å². The Kier molecular flexibility index (Phi) is 6.11. The number of hydrogen-bond acceptors (Lipinski definition) is 5. The predicted octanol–water partition coefficient (Wildman–Crippen LogP) is 3.79. The smallest absolute Gasteiger partial charge is 0.412 e. The van der Waals surface area contributed by atoms with Gasteiger partial charge < -0.3 is 9.47 Å². The van der Waals surface area contributed by atoms with E-state index in [-0.39, 0.29) is 17.9 Å². The average Bonchev–Trinajstić information content (AvgIpc) is 2.38. The molecule has 0 unspecified atom stereocenters. The molecule has 22 heavy (non-hydrogen) atoms. The molecular weight excluding hydrogens is 354 g/mol. The summed E-state index contributed by atoms with van der Waals surface area (Å²) in [7, 11) is 0. The van der Waals surface area contributed by atoms with Gasteiger partial charge in [-0.3, -0.25) is 10.1 Å². The Morgan fingerprint density at radius 2 is 1.95 bits per heavy atom. The first-order chi connectivity index (χ1) is 10.2. The van der Waals surface area contributed by atoms with E-state index in [0.717, 1.165) is 0 Å². The Labute approximate surface area is 137 Å². The van der Waals surface area contributed by atoms with Gasteiger partial charge in [-0.2, -0.15) is 0 Å². The molecule has 0 saturated carbocycles. The van der Waals surface area contributed by atoms with Crippen molar-refractivity contribution in [2.75, 3.05) is 11.9 Å². The van der Waals surface area contributed by atoms with Gasteiger partial charge in [0, 0.05) is 10.0 Å². The topological polar surface area (TPSA) is 81.7 Å². The molecule has 0 aliphatic rings. The molecule has 120 valence electrons. The summed E-state index contributed by atoms with van der Waals surface area (Å²) in [5.41, 5.74) is -0.112. The number of halogens is 1. The van der Waals surface area contributed by atoms with Gasteiger partial charge in [-0.1, -0.05) is 15.9 Å². The summed E-state index contributed by atoms with van der Waals surface area (Å²) in [6.45, 7) is 7.03. The van der Waals surface area contributed by atoms with Crippen LogP contribution in [-0.4, -0.2) is 30.6 Å². The molecule has 6 nitrogen and oxygen atoms in total. The SMILES string of the molecule is CCOC(=O)c1cc(Br)c(C=O)cc1NC(=O)OC(C)(C)C. The lowest BCUT2D eigenvalue weighted by atomic mass is 10.1. The molecule has 1 amide bonds. The second kappa shape index (κ2) is 7.40. The fraction of sp³-hybridized carbons (Fsp3) is 0.400. The Morgan fingerprint density at radius 3 is 2.45 bits per heavy atom. The predicted molar refractivity (Wildman–Crippen MR) is 85.3 cm³/mol. The molecule has 1 aromatic carbocycles. The highest BCUT2D eigenvalue weighted by atomic mass is 79.9. The maximum absolute atomic E-state index is 12.0. The zero-order valence-corrected chi connectivity index (χ0v) is 14.4. The van der Waals surface area contributed by atoms with Crippen LogP contribution in [0, 0.1) is 0 Å². The molecule has 0 atom stereocenters. The van der Waals surface area contributed by atoms with E-state index in [4.69, 9.17) is 9.47 Å². The van der Waals surface area contributed by atoms with Gasteiger partial charge in [0.15, 0.2) is 6.29 Å². The van der Waals surface area contributed by atoms with Crippen LogP contribution < -0.4 is 5.32 Å². The van der Waals surface area contributed by atoms with Crippen LogP contribution in [0.4, 0.5) is 10.5 Å². The maximum Gasteiger partial charge on any atom is 0.412 e. The molecule has 1 N–H and O–H groups in total. The van der Waals surface area contributed by atoms with Gasteiger partial charge in [0.1, 0.15) is 5.60 Å². The molecule has 1 aromatic rings. The summed E-state index contributed by atoms with van der Waals surface area (Å²) in [5.74, 6) is -0.605.